The van der Waals surface area contributed by atoms with E-state index in [1.165, 1.54) is 46.4 Å². The van der Waals surface area contributed by atoms with Crippen LogP contribution in [0.25, 0.3) is 22.6 Å². The van der Waals surface area contributed by atoms with Crippen molar-refractivity contribution in [3.63, 3.8) is 0 Å². The summed E-state index contributed by atoms with van der Waals surface area (Å²) in [7, 11) is 0. The third-order valence-corrected chi connectivity index (χ3v) is 9.21. The van der Waals surface area contributed by atoms with Gasteiger partial charge in [0, 0.05) is 29.2 Å². The molecule has 0 radical (unpaired) electrons. The van der Waals surface area contributed by atoms with E-state index in [1.807, 2.05) is 24.3 Å². The van der Waals surface area contributed by atoms with Crippen LogP contribution in [0.2, 0.25) is 0 Å². The first-order valence-corrected chi connectivity index (χ1v) is 16.5. The molecular formula is C35H35F3N6O2S. The molecular weight excluding hydrogens is 625 g/mol. The van der Waals surface area contributed by atoms with Gasteiger partial charge in [-0.15, -0.1) is 18.3 Å². The molecule has 2 heterocycles. The average Bonchev–Trinajstić information content (AvgIpc) is 3.71. The van der Waals surface area contributed by atoms with Gasteiger partial charge >= 0.3 is 12.4 Å². The van der Waals surface area contributed by atoms with E-state index in [4.69, 9.17) is 0 Å². The van der Waals surface area contributed by atoms with Gasteiger partial charge in [-0.1, -0.05) is 62.0 Å². The summed E-state index contributed by atoms with van der Waals surface area (Å²) in [6.45, 7) is 7.34. The largest absolute Gasteiger partial charge is 0.573 e. The molecule has 0 saturated carbocycles. The number of thioether (sulfide) groups is 1. The quantitative estimate of drug-likeness (QED) is 0.213. The summed E-state index contributed by atoms with van der Waals surface area (Å²) in [5.74, 6) is 1.43. The summed E-state index contributed by atoms with van der Waals surface area (Å²) in [6.07, 6.45) is 0.313. The maximum atomic E-state index is 13.3. The zero-order valence-electron chi connectivity index (χ0n) is 26.3. The minimum atomic E-state index is -4.75. The van der Waals surface area contributed by atoms with Crippen molar-refractivity contribution in [3.05, 3.63) is 95.4 Å². The van der Waals surface area contributed by atoms with E-state index in [9.17, 15) is 18.0 Å². The Kier molecular flexibility index (Phi) is 9.40. The molecule has 12 heteroatoms. The fourth-order valence-corrected chi connectivity index (χ4v) is 7.06. The fraction of sp³-hybridized carbons (Fsp3) is 0.314. The molecule has 1 fully saturated rings. The number of amidine groups is 1. The highest BCUT2D eigenvalue weighted by molar-refractivity contribution is 8.14. The number of nitrogens with zero attached hydrogens (tertiary/aromatic N) is 5. The lowest BCUT2D eigenvalue weighted by Gasteiger charge is -2.32. The number of carbonyl (C=O) groups excluding carboxylic acids is 1. The van der Waals surface area contributed by atoms with Gasteiger partial charge in [0.15, 0.2) is 11.0 Å². The molecule has 47 heavy (non-hydrogen) atoms. The first kappa shape index (κ1) is 32.4. The molecule has 1 aliphatic heterocycles. The molecule has 2 aliphatic rings. The van der Waals surface area contributed by atoms with E-state index < -0.39 is 6.36 Å². The van der Waals surface area contributed by atoms with Crippen molar-refractivity contribution in [3.8, 4) is 22.8 Å². The standard InChI is InChI=1S/C35H35F3N6O2S/c1-22(2)31-23(3)7-4-10-30(31)43-19-6-20-47-34(43)41-33(45)40-29-9-5-8-28(29)24-11-13-25(14-12-24)32-39-21-44(42-32)26-15-17-27(18-16-26)46-35(36,37)38/h4,7,10-18,21-22H,5-6,8-9,19-20H2,1-3H3,(H,40,45)/b41-34-. The minimum Gasteiger partial charge on any atom is -0.406 e. The Balaban J connectivity index is 1.16. The number of ether oxygens (including phenoxy) is 1. The number of urea groups is 1. The zero-order valence-corrected chi connectivity index (χ0v) is 27.2. The second-order valence-corrected chi connectivity index (χ2v) is 12.8. The molecule has 0 spiro atoms. The van der Waals surface area contributed by atoms with Gasteiger partial charge in [-0.3, -0.25) is 0 Å². The van der Waals surface area contributed by atoms with E-state index in [2.05, 4.69) is 69.0 Å². The first-order chi connectivity index (χ1) is 22.6. The van der Waals surface area contributed by atoms with Crippen molar-refractivity contribution in [2.45, 2.75) is 58.7 Å². The number of aliphatic imine (C=N–C) groups is 1. The van der Waals surface area contributed by atoms with E-state index in [-0.39, 0.29) is 11.8 Å². The SMILES string of the molecule is Cc1cccc(N2CCCS/C2=N\C(=O)NC2=C(c3ccc(-c4ncn(-c5ccc(OC(F)(F)F)cc5)n4)cc3)CCC2)c1C(C)C. The van der Waals surface area contributed by atoms with Gasteiger partial charge in [0.25, 0.3) is 0 Å². The van der Waals surface area contributed by atoms with Crippen molar-refractivity contribution < 1.29 is 22.7 Å². The number of allylic oxidation sites excluding steroid dienone is 2. The lowest BCUT2D eigenvalue weighted by atomic mass is 9.95. The van der Waals surface area contributed by atoms with Crippen molar-refractivity contribution in [2.75, 3.05) is 17.2 Å². The third-order valence-electron chi connectivity index (χ3n) is 8.15. The van der Waals surface area contributed by atoms with Gasteiger partial charge in [0.1, 0.15) is 12.1 Å². The van der Waals surface area contributed by atoms with Crippen LogP contribution in [0.1, 0.15) is 62.1 Å². The molecule has 1 aromatic heterocycles. The third kappa shape index (κ3) is 7.54. The molecule has 3 aromatic carbocycles. The summed E-state index contributed by atoms with van der Waals surface area (Å²) in [5.41, 5.74) is 7.94. The maximum absolute atomic E-state index is 13.3. The topological polar surface area (TPSA) is 84.6 Å². The van der Waals surface area contributed by atoms with Gasteiger partial charge in [-0.2, -0.15) is 4.99 Å². The number of amides is 2. The Bertz CT molecular complexity index is 1810. The van der Waals surface area contributed by atoms with Crippen LogP contribution >= 0.6 is 11.8 Å². The zero-order chi connectivity index (χ0) is 33.1. The molecule has 244 valence electrons. The number of hydrogen-bond donors (Lipinski definition) is 1. The number of aromatic nitrogens is 3. The first-order valence-electron chi connectivity index (χ1n) is 15.6. The highest BCUT2D eigenvalue weighted by Crippen LogP contribution is 2.36. The van der Waals surface area contributed by atoms with Gasteiger partial charge in [-0.25, -0.2) is 14.5 Å². The second kappa shape index (κ2) is 13.6. The van der Waals surface area contributed by atoms with Crippen molar-refractivity contribution in [1.29, 1.82) is 0 Å². The molecule has 2 amide bonds. The molecule has 1 aliphatic carbocycles. The molecule has 4 aromatic rings. The highest BCUT2D eigenvalue weighted by Gasteiger charge is 2.31. The predicted molar refractivity (Wildman–Crippen MR) is 180 cm³/mol. The highest BCUT2D eigenvalue weighted by atomic mass is 32.2. The number of benzene rings is 3. The van der Waals surface area contributed by atoms with Crippen LogP contribution in [-0.2, 0) is 0 Å². The Morgan fingerprint density at radius 1 is 1.00 bits per heavy atom. The fourth-order valence-electron chi connectivity index (χ4n) is 6.11. The summed E-state index contributed by atoms with van der Waals surface area (Å²) < 4.78 is 42.9. The van der Waals surface area contributed by atoms with Crippen molar-refractivity contribution in [2.24, 2.45) is 4.99 Å². The van der Waals surface area contributed by atoms with Gasteiger partial charge in [-0.05, 0) is 91.1 Å². The lowest BCUT2D eigenvalue weighted by Crippen LogP contribution is -2.36. The van der Waals surface area contributed by atoms with Crippen LogP contribution in [0.4, 0.5) is 23.7 Å². The molecule has 0 bridgehead atoms. The molecule has 1 N–H and O–H groups in total. The van der Waals surface area contributed by atoms with Gasteiger partial charge in [0.2, 0.25) is 0 Å². The summed E-state index contributed by atoms with van der Waals surface area (Å²) in [6, 6.07) is 19.2. The Hall–Kier alpha value is -4.58. The number of nitrogens with one attached hydrogen (secondary N) is 1. The number of anilines is 1. The molecule has 8 nitrogen and oxygen atoms in total. The van der Waals surface area contributed by atoms with Crippen LogP contribution in [-0.4, -0.2) is 44.6 Å². The predicted octanol–water partition coefficient (Wildman–Crippen LogP) is 8.87. The Morgan fingerprint density at radius 3 is 2.47 bits per heavy atom. The van der Waals surface area contributed by atoms with E-state index >= 15 is 0 Å². The van der Waals surface area contributed by atoms with Gasteiger partial charge in [0.05, 0.1) is 5.69 Å². The average molecular weight is 661 g/mol. The van der Waals surface area contributed by atoms with Crippen LogP contribution < -0.4 is 15.0 Å². The Labute approximate surface area is 275 Å². The molecule has 0 atom stereocenters. The number of alkyl halides is 3. The number of hydrogen-bond acceptors (Lipinski definition) is 5. The number of carbonyl (C=O) groups is 1. The van der Waals surface area contributed by atoms with Crippen LogP contribution in [0.15, 0.2) is 83.7 Å². The number of halogens is 3. The van der Waals surface area contributed by atoms with E-state index in [0.29, 0.717) is 17.4 Å². The summed E-state index contributed by atoms with van der Waals surface area (Å²) >= 11 is 1.62. The monoisotopic (exact) mass is 660 g/mol. The normalized spacial score (nSPS) is 16.3. The van der Waals surface area contributed by atoms with E-state index in [1.54, 1.807) is 11.8 Å². The minimum absolute atomic E-state index is 0.307. The smallest absolute Gasteiger partial charge is 0.406 e. The molecule has 0 unspecified atom stereocenters. The molecule has 6 rings (SSSR count). The lowest BCUT2D eigenvalue weighted by molar-refractivity contribution is -0.274. The molecule has 1 saturated heterocycles. The van der Waals surface area contributed by atoms with Crippen LogP contribution in [0.3, 0.4) is 0 Å². The van der Waals surface area contributed by atoms with Crippen LogP contribution in [0.5, 0.6) is 5.75 Å². The van der Waals surface area contributed by atoms with Gasteiger partial charge < -0.3 is 15.0 Å². The van der Waals surface area contributed by atoms with Crippen molar-refractivity contribution in [1.82, 2.24) is 20.1 Å². The Morgan fingerprint density at radius 2 is 1.74 bits per heavy atom. The number of aryl methyl sites for hydroxylation is 1. The second-order valence-electron chi connectivity index (χ2n) is 11.8. The summed E-state index contributed by atoms with van der Waals surface area (Å²) in [5, 5.41) is 8.31. The van der Waals surface area contributed by atoms with Crippen molar-refractivity contribution >= 4 is 34.2 Å². The maximum Gasteiger partial charge on any atom is 0.573 e. The van der Waals surface area contributed by atoms with Crippen LogP contribution in [0, 0.1) is 6.92 Å². The number of rotatable bonds is 7. The van der Waals surface area contributed by atoms with E-state index in [0.717, 1.165) is 71.2 Å². The summed E-state index contributed by atoms with van der Waals surface area (Å²) in [4.78, 5) is 24.4.